The van der Waals surface area contributed by atoms with Gasteiger partial charge in [0.25, 0.3) is 5.91 Å². The van der Waals surface area contributed by atoms with E-state index in [0.29, 0.717) is 17.5 Å². The first-order chi connectivity index (χ1) is 10.6. The summed E-state index contributed by atoms with van der Waals surface area (Å²) >= 11 is 0. The fraction of sp³-hybridized carbons (Fsp3) is 0.0625. The van der Waals surface area contributed by atoms with Gasteiger partial charge in [-0.3, -0.25) is 4.79 Å². The lowest BCUT2D eigenvalue weighted by Gasteiger charge is -2.05. The summed E-state index contributed by atoms with van der Waals surface area (Å²) in [5, 5.41) is 10.4. The zero-order valence-corrected chi connectivity index (χ0v) is 11.7. The van der Waals surface area contributed by atoms with E-state index in [0.717, 1.165) is 5.56 Å². The van der Waals surface area contributed by atoms with Gasteiger partial charge in [-0.15, -0.1) is 10.2 Å². The highest BCUT2D eigenvalue weighted by molar-refractivity contribution is 6.04. The summed E-state index contributed by atoms with van der Waals surface area (Å²) in [6, 6.07) is 12.5. The Morgan fingerprint density at radius 1 is 1.14 bits per heavy atom. The highest BCUT2D eigenvalue weighted by Crippen LogP contribution is 2.20. The molecule has 0 atom stereocenters. The molecule has 110 valence electrons. The fourth-order valence-electron chi connectivity index (χ4n) is 1.94. The molecule has 0 aliphatic carbocycles. The van der Waals surface area contributed by atoms with Gasteiger partial charge in [0, 0.05) is 23.7 Å². The van der Waals surface area contributed by atoms with Crippen LogP contribution in [-0.2, 0) is 0 Å². The van der Waals surface area contributed by atoms with Gasteiger partial charge in [-0.1, -0.05) is 6.07 Å². The lowest BCUT2D eigenvalue weighted by atomic mass is 10.2. The van der Waals surface area contributed by atoms with Gasteiger partial charge in [-0.05, 0) is 42.5 Å². The number of nitrogens with one attached hydrogen (secondary N) is 1. The number of halogens is 1. The predicted octanol–water partition coefficient (Wildman–Crippen LogP) is 3.44. The van der Waals surface area contributed by atoms with E-state index in [2.05, 4.69) is 15.5 Å². The van der Waals surface area contributed by atoms with Crippen LogP contribution in [0.4, 0.5) is 10.1 Å². The minimum absolute atomic E-state index is 0.261. The summed E-state index contributed by atoms with van der Waals surface area (Å²) in [6.45, 7) is 1.71. The van der Waals surface area contributed by atoms with Crippen LogP contribution in [0, 0.1) is 12.7 Å². The second-order valence-electron chi connectivity index (χ2n) is 4.67. The number of carbonyl (C=O) groups excluding carboxylic acids is 1. The summed E-state index contributed by atoms with van der Waals surface area (Å²) in [5.74, 6) is 0.0784. The summed E-state index contributed by atoms with van der Waals surface area (Å²) < 4.78 is 18.4. The number of aromatic nitrogens is 2. The number of anilines is 1. The lowest BCUT2D eigenvalue weighted by Crippen LogP contribution is -2.11. The highest BCUT2D eigenvalue weighted by atomic mass is 19.1. The van der Waals surface area contributed by atoms with Gasteiger partial charge >= 0.3 is 0 Å². The van der Waals surface area contributed by atoms with Crippen molar-refractivity contribution >= 4 is 11.6 Å². The van der Waals surface area contributed by atoms with E-state index in [-0.39, 0.29) is 11.5 Å². The molecule has 5 nitrogen and oxygen atoms in total. The molecule has 0 spiro atoms. The maximum Gasteiger partial charge on any atom is 0.255 e. The van der Waals surface area contributed by atoms with E-state index < -0.39 is 5.82 Å². The topological polar surface area (TPSA) is 68.0 Å². The molecule has 0 saturated carbocycles. The third-order valence-electron chi connectivity index (χ3n) is 3.00. The van der Waals surface area contributed by atoms with Gasteiger partial charge in [-0.2, -0.15) is 0 Å². The Bertz CT molecular complexity index is 812. The first-order valence-corrected chi connectivity index (χ1v) is 6.59. The molecular weight excluding hydrogens is 285 g/mol. The molecule has 0 bridgehead atoms. The average molecular weight is 297 g/mol. The molecule has 1 N–H and O–H groups in total. The molecule has 0 saturated heterocycles. The molecule has 1 amide bonds. The minimum atomic E-state index is -0.449. The van der Waals surface area contributed by atoms with Crippen LogP contribution >= 0.6 is 0 Å². The van der Waals surface area contributed by atoms with Crippen LogP contribution in [0.3, 0.4) is 0 Å². The molecule has 1 aromatic heterocycles. The largest absolute Gasteiger partial charge is 0.421 e. The Morgan fingerprint density at radius 3 is 2.55 bits per heavy atom. The third-order valence-corrected chi connectivity index (χ3v) is 3.00. The Morgan fingerprint density at radius 2 is 1.91 bits per heavy atom. The van der Waals surface area contributed by atoms with Crippen molar-refractivity contribution in [3.63, 3.8) is 0 Å². The smallest absolute Gasteiger partial charge is 0.255 e. The van der Waals surface area contributed by atoms with Gasteiger partial charge in [0.05, 0.1) is 0 Å². The van der Waals surface area contributed by atoms with Gasteiger partial charge in [0.15, 0.2) is 0 Å². The van der Waals surface area contributed by atoms with Crippen LogP contribution in [0.2, 0.25) is 0 Å². The van der Waals surface area contributed by atoms with Crippen molar-refractivity contribution in [3.05, 3.63) is 65.8 Å². The molecule has 3 aromatic rings. The summed E-state index contributed by atoms with van der Waals surface area (Å²) in [7, 11) is 0. The second-order valence-corrected chi connectivity index (χ2v) is 4.67. The van der Waals surface area contributed by atoms with Crippen molar-refractivity contribution in [2.24, 2.45) is 0 Å². The second kappa shape index (κ2) is 5.77. The molecular formula is C16H12FN3O2. The van der Waals surface area contributed by atoms with Crippen LogP contribution in [-0.4, -0.2) is 16.1 Å². The Labute approximate surface area is 125 Å². The van der Waals surface area contributed by atoms with E-state index >= 15 is 0 Å². The lowest BCUT2D eigenvalue weighted by molar-refractivity contribution is 0.102. The minimum Gasteiger partial charge on any atom is -0.421 e. The molecule has 0 aliphatic heterocycles. The quantitative estimate of drug-likeness (QED) is 0.804. The Balaban J connectivity index is 1.75. The average Bonchev–Trinajstić information content (AvgIpc) is 2.94. The molecule has 0 aliphatic rings. The van der Waals surface area contributed by atoms with E-state index in [1.54, 1.807) is 37.3 Å². The van der Waals surface area contributed by atoms with Crippen molar-refractivity contribution in [1.82, 2.24) is 10.2 Å². The molecule has 0 unspecified atom stereocenters. The molecule has 2 aromatic carbocycles. The van der Waals surface area contributed by atoms with Crippen LogP contribution in [0.1, 0.15) is 16.2 Å². The van der Waals surface area contributed by atoms with Gasteiger partial charge in [-0.25, -0.2) is 4.39 Å². The normalized spacial score (nSPS) is 10.5. The number of aryl methyl sites for hydroxylation is 1. The molecule has 6 heteroatoms. The number of hydrogen-bond donors (Lipinski definition) is 1. The maximum absolute atomic E-state index is 13.1. The summed E-state index contributed by atoms with van der Waals surface area (Å²) in [4.78, 5) is 12.0. The first-order valence-electron chi connectivity index (χ1n) is 6.59. The van der Waals surface area contributed by atoms with Crippen molar-refractivity contribution in [2.45, 2.75) is 6.92 Å². The predicted molar refractivity (Wildman–Crippen MR) is 78.8 cm³/mol. The van der Waals surface area contributed by atoms with Crippen LogP contribution in [0.15, 0.2) is 52.9 Å². The van der Waals surface area contributed by atoms with E-state index in [1.165, 1.54) is 18.2 Å². The number of hydrogen-bond acceptors (Lipinski definition) is 4. The molecule has 1 heterocycles. The van der Waals surface area contributed by atoms with Crippen molar-refractivity contribution < 1.29 is 13.6 Å². The fourth-order valence-corrected chi connectivity index (χ4v) is 1.94. The van der Waals surface area contributed by atoms with Gasteiger partial charge < -0.3 is 9.73 Å². The number of nitrogens with zero attached hydrogens (tertiary/aromatic N) is 2. The number of amides is 1. The van der Waals surface area contributed by atoms with E-state index in [9.17, 15) is 9.18 Å². The number of carbonyl (C=O) groups is 1. The Kier molecular flexibility index (Phi) is 3.65. The Hall–Kier alpha value is -3.02. The third kappa shape index (κ3) is 3.01. The first kappa shape index (κ1) is 13.9. The zero-order valence-electron chi connectivity index (χ0n) is 11.7. The SMILES string of the molecule is Cc1nnc(-c2ccc(NC(=O)c3cccc(F)c3)cc2)o1. The van der Waals surface area contributed by atoms with Gasteiger partial charge in [0.1, 0.15) is 5.82 Å². The molecule has 3 rings (SSSR count). The van der Waals surface area contributed by atoms with Crippen LogP contribution < -0.4 is 5.32 Å². The van der Waals surface area contributed by atoms with E-state index in [1.807, 2.05) is 0 Å². The molecule has 22 heavy (non-hydrogen) atoms. The molecule has 0 radical (unpaired) electrons. The summed E-state index contributed by atoms with van der Waals surface area (Å²) in [5.41, 5.74) is 1.61. The monoisotopic (exact) mass is 297 g/mol. The van der Waals surface area contributed by atoms with Gasteiger partial charge in [0.2, 0.25) is 11.8 Å². The number of benzene rings is 2. The van der Waals surface area contributed by atoms with Crippen molar-refractivity contribution in [3.8, 4) is 11.5 Å². The van der Waals surface area contributed by atoms with Crippen LogP contribution in [0.25, 0.3) is 11.5 Å². The number of rotatable bonds is 3. The van der Waals surface area contributed by atoms with E-state index in [4.69, 9.17) is 4.42 Å². The molecule has 0 fully saturated rings. The van der Waals surface area contributed by atoms with Crippen LogP contribution in [0.5, 0.6) is 0 Å². The zero-order chi connectivity index (χ0) is 15.5. The highest BCUT2D eigenvalue weighted by Gasteiger charge is 2.09. The maximum atomic E-state index is 13.1. The van der Waals surface area contributed by atoms with Crippen molar-refractivity contribution in [2.75, 3.05) is 5.32 Å². The summed E-state index contributed by atoms with van der Waals surface area (Å²) in [6.07, 6.45) is 0. The van der Waals surface area contributed by atoms with Crippen molar-refractivity contribution in [1.29, 1.82) is 0 Å². The standard InChI is InChI=1S/C16H12FN3O2/c1-10-19-20-16(22-10)11-5-7-14(8-6-11)18-15(21)12-3-2-4-13(17)9-12/h2-9H,1H3,(H,18,21).